The van der Waals surface area contributed by atoms with Gasteiger partial charge < -0.3 is 9.80 Å². The fourth-order valence-corrected chi connectivity index (χ4v) is 5.56. The predicted molar refractivity (Wildman–Crippen MR) is 140 cm³/mol. The molecule has 4 aromatic rings. The Kier molecular flexibility index (Phi) is 6.77. The molecule has 1 fully saturated rings. The van der Waals surface area contributed by atoms with E-state index in [0.717, 1.165) is 31.4 Å². The molecular weight excluding hydrogens is 460 g/mol. The van der Waals surface area contributed by atoms with E-state index >= 15 is 0 Å². The third kappa shape index (κ3) is 4.52. The summed E-state index contributed by atoms with van der Waals surface area (Å²) in [6, 6.07) is 17.9. The van der Waals surface area contributed by atoms with E-state index in [-0.39, 0.29) is 16.7 Å². The van der Waals surface area contributed by atoms with Crippen LogP contribution in [0.1, 0.15) is 26.7 Å². The van der Waals surface area contributed by atoms with Crippen LogP contribution in [0.3, 0.4) is 0 Å². The monoisotopic (exact) mass is 490 g/mol. The summed E-state index contributed by atoms with van der Waals surface area (Å²) < 4.78 is 3.63. The van der Waals surface area contributed by atoms with Crippen LogP contribution in [0, 0.1) is 0 Å². The number of carbonyl (C=O) groups is 1. The van der Waals surface area contributed by atoms with Gasteiger partial charge in [-0.2, -0.15) is 0 Å². The van der Waals surface area contributed by atoms with Crippen molar-refractivity contribution in [3.05, 3.63) is 65.0 Å². The molecule has 1 aliphatic rings. The zero-order valence-electron chi connectivity index (χ0n) is 20.1. The lowest BCUT2D eigenvalue weighted by atomic mass is 10.2. The molecule has 8 nitrogen and oxygen atoms in total. The van der Waals surface area contributed by atoms with Crippen molar-refractivity contribution in [1.82, 2.24) is 24.1 Å². The van der Waals surface area contributed by atoms with Crippen LogP contribution < -0.4 is 10.5 Å². The highest BCUT2D eigenvalue weighted by Crippen LogP contribution is 2.27. The summed E-state index contributed by atoms with van der Waals surface area (Å²) in [6.07, 6.45) is 1.86. The van der Waals surface area contributed by atoms with Gasteiger partial charge in [-0.05, 0) is 37.6 Å². The van der Waals surface area contributed by atoms with Crippen molar-refractivity contribution in [2.75, 3.05) is 31.1 Å². The Morgan fingerprint density at radius 1 is 1.00 bits per heavy atom. The molecule has 1 amide bonds. The van der Waals surface area contributed by atoms with Crippen molar-refractivity contribution < 1.29 is 4.79 Å². The minimum atomic E-state index is -0.319. The third-order valence-corrected chi connectivity index (χ3v) is 7.59. The Morgan fingerprint density at radius 3 is 2.46 bits per heavy atom. The van der Waals surface area contributed by atoms with Crippen LogP contribution in [-0.4, -0.2) is 61.4 Å². The van der Waals surface area contributed by atoms with E-state index in [2.05, 4.69) is 34.2 Å². The smallest absolute Gasteiger partial charge is 0.262 e. The van der Waals surface area contributed by atoms with Gasteiger partial charge in [0, 0.05) is 38.4 Å². The molecule has 0 spiro atoms. The van der Waals surface area contributed by atoms with Gasteiger partial charge in [0.1, 0.15) is 0 Å². The fourth-order valence-electron chi connectivity index (χ4n) is 4.62. The van der Waals surface area contributed by atoms with Crippen LogP contribution in [0.15, 0.2) is 64.5 Å². The van der Waals surface area contributed by atoms with Crippen molar-refractivity contribution in [2.24, 2.45) is 0 Å². The van der Waals surface area contributed by atoms with Crippen molar-refractivity contribution in [3.8, 4) is 0 Å². The number of hydrogen-bond acceptors (Lipinski definition) is 6. The molecular formula is C26H30N6O2S. The highest BCUT2D eigenvalue weighted by Gasteiger charge is 2.27. The summed E-state index contributed by atoms with van der Waals surface area (Å²) >= 11 is 1.40. The van der Waals surface area contributed by atoms with Crippen LogP contribution in [0.4, 0.5) is 5.69 Å². The second-order valence-corrected chi connectivity index (χ2v) is 10.2. The molecule has 1 unspecified atom stereocenters. The second kappa shape index (κ2) is 10.1. The number of hydrogen-bond donors (Lipinski definition) is 0. The number of amides is 1. The van der Waals surface area contributed by atoms with E-state index in [4.69, 9.17) is 0 Å². The summed E-state index contributed by atoms with van der Waals surface area (Å²) in [5.41, 5.74) is 1.91. The first-order chi connectivity index (χ1) is 17.1. The molecule has 5 rings (SSSR count). The van der Waals surface area contributed by atoms with Crippen LogP contribution in [0.5, 0.6) is 0 Å². The number of aryl methyl sites for hydroxylation is 1. The average Bonchev–Trinajstić information content (AvgIpc) is 3.32. The van der Waals surface area contributed by atoms with Crippen molar-refractivity contribution in [2.45, 2.75) is 43.6 Å². The quantitative estimate of drug-likeness (QED) is 0.368. The van der Waals surface area contributed by atoms with Crippen LogP contribution in [0.25, 0.3) is 16.7 Å². The number of nitrogens with zero attached hydrogens (tertiary/aromatic N) is 6. The van der Waals surface area contributed by atoms with Gasteiger partial charge in [0.2, 0.25) is 11.7 Å². The Bertz CT molecular complexity index is 1390. The van der Waals surface area contributed by atoms with Crippen LogP contribution >= 0.6 is 11.8 Å². The van der Waals surface area contributed by atoms with Gasteiger partial charge in [0.15, 0.2) is 5.16 Å². The zero-order valence-corrected chi connectivity index (χ0v) is 20.9. The molecule has 3 heterocycles. The number of benzene rings is 2. The normalized spacial score (nSPS) is 15.1. The largest absolute Gasteiger partial charge is 0.368 e. The maximum atomic E-state index is 13.3. The number of fused-ring (bicyclic) bond motifs is 3. The van der Waals surface area contributed by atoms with Gasteiger partial charge >= 0.3 is 0 Å². The van der Waals surface area contributed by atoms with Gasteiger partial charge in [0.25, 0.3) is 5.56 Å². The van der Waals surface area contributed by atoms with E-state index in [9.17, 15) is 9.59 Å². The molecule has 0 radical (unpaired) electrons. The fraction of sp³-hybridized carbons (Fsp3) is 0.385. The van der Waals surface area contributed by atoms with Gasteiger partial charge in [-0.1, -0.05) is 55.4 Å². The number of thioether (sulfide) groups is 1. The topological polar surface area (TPSA) is 75.7 Å². The minimum Gasteiger partial charge on any atom is -0.368 e. The lowest BCUT2D eigenvalue weighted by Crippen LogP contribution is -2.50. The number of aromatic nitrogens is 4. The Hall–Kier alpha value is -3.33. The summed E-state index contributed by atoms with van der Waals surface area (Å²) in [5, 5.41) is 9.73. The number of carbonyl (C=O) groups excluding carboxylic acids is 1. The molecule has 0 N–H and O–H groups in total. The first-order valence-corrected chi connectivity index (χ1v) is 13.1. The summed E-state index contributed by atoms with van der Waals surface area (Å²) in [6.45, 7) is 7.63. The Labute approximate surface area is 208 Å². The first kappa shape index (κ1) is 23.4. The SMILES string of the molecule is CCCCn1c(=O)c2ccccc2n2c(SC(C)C(=O)N3CCN(c4ccccc4)CC3)nnc12. The predicted octanol–water partition coefficient (Wildman–Crippen LogP) is 3.67. The number of rotatable bonds is 7. The molecule has 182 valence electrons. The highest BCUT2D eigenvalue weighted by molar-refractivity contribution is 8.00. The van der Waals surface area contributed by atoms with E-state index in [1.807, 2.05) is 58.7 Å². The maximum Gasteiger partial charge on any atom is 0.262 e. The molecule has 0 saturated carbocycles. The Balaban J connectivity index is 1.37. The Morgan fingerprint density at radius 2 is 1.71 bits per heavy atom. The maximum absolute atomic E-state index is 13.3. The van der Waals surface area contributed by atoms with E-state index in [0.29, 0.717) is 36.0 Å². The van der Waals surface area contributed by atoms with E-state index < -0.39 is 0 Å². The first-order valence-electron chi connectivity index (χ1n) is 12.2. The minimum absolute atomic E-state index is 0.0501. The summed E-state index contributed by atoms with van der Waals surface area (Å²) in [4.78, 5) is 30.7. The molecule has 1 aliphatic heterocycles. The molecule has 0 bridgehead atoms. The van der Waals surface area contributed by atoms with Gasteiger partial charge in [-0.3, -0.25) is 18.6 Å². The molecule has 2 aromatic heterocycles. The van der Waals surface area contributed by atoms with E-state index in [1.54, 1.807) is 4.57 Å². The van der Waals surface area contributed by atoms with Crippen LogP contribution in [0.2, 0.25) is 0 Å². The molecule has 1 atom stereocenters. The average molecular weight is 491 g/mol. The number of anilines is 1. The van der Waals surface area contributed by atoms with E-state index in [1.165, 1.54) is 17.4 Å². The van der Waals surface area contributed by atoms with Crippen molar-refractivity contribution in [1.29, 1.82) is 0 Å². The van der Waals surface area contributed by atoms with Gasteiger partial charge in [0.05, 0.1) is 16.2 Å². The molecule has 9 heteroatoms. The van der Waals surface area contributed by atoms with Crippen LogP contribution in [-0.2, 0) is 11.3 Å². The van der Waals surface area contributed by atoms with Crippen molar-refractivity contribution >= 4 is 40.0 Å². The third-order valence-electron chi connectivity index (χ3n) is 6.56. The second-order valence-electron chi connectivity index (χ2n) is 8.85. The lowest BCUT2D eigenvalue weighted by Gasteiger charge is -2.37. The summed E-state index contributed by atoms with van der Waals surface area (Å²) in [7, 11) is 0. The number of piperazine rings is 1. The standard InChI is InChI=1S/C26H30N6O2S/c1-3-4-14-31-24(34)21-12-8-9-13-22(21)32-25(31)27-28-26(32)35-19(2)23(33)30-17-15-29(16-18-30)20-10-6-5-7-11-20/h5-13,19H,3-4,14-18H2,1-2H3. The number of para-hydroxylation sites is 2. The lowest BCUT2D eigenvalue weighted by molar-refractivity contribution is -0.130. The molecule has 0 aliphatic carbocycles. The zero-order chi connectivity index (χ0) is 24.4. The van der Waals surface area contributed by atoms with Gasteiger partial charge in [-0.25, -0.2) is 0 Å². The molecule has 1 saturated heterocycles. The van der Waals surface area contributed by atoms with Crippen molar-refractivity contribution in [3.63, 3.8) is 0 Å². The molecule has 2 aromatic carbocycles. The summed E-state index contributed by atoms with van der Waals surface area (Å²) in [5.74, 6) is 0.629. The number of unbranched alkanes of at least 4 members (excludes halogenated alkanes) is 1. The highest BCUT2D eigenvalue weighted by atomic mass is 32.2. The van der Waals surface area contributed by atoms with Gasteiger partial charge in [-0.15, -0.1) is 10.2 Å². The molecule has 35 heavy (non-hydrogen) atoms.